The molecule has 0 radical (unpaired) electrons. The van der Waals surface area contributed by atoms with Crippen LogP contribution in [0.3, 0.4) is 0 Å². The minimum Gasteiger partial charge on any atom is -0.314 e. The van der Waals surface area contributed by atoms with E-state index in [0.29, 0.717) is 12.0 Å². The molecule has 4 nitrogen and oxygen atoms in total. The van der Waals surface area contributed by atoms with Gasteiger partial charge in [0.15, 0.2) is 0 Å². The van der Waals surface area contributed by atoms with Crippen molar-refractivity contribution in [3.8, 4) is 0 Å². The largest absolute Gasteiger partial charge is 0.314 e. The molecule has 1 aromatic heterocycles. The summed E-state index contributed by atoms with van der Waals surface area (Å²) in [6, 6.07) is 0.527. The van der Waals surface area contributed by atoms with Gasteiger partial charge in [0.2, 0.25) is 0 Å². The molecule has 104 valence electrons. The summed E-state index contributed by atoms with van der Waals surface area (Å²) in [5.41, 5.74) is 0.270. The zero-order valence-electron chi connectivity index (χ0n) is 12.7. The number of aryl methyl sites for hydroxylation is 1. The van der Waals surface area contributed by atoms with E-state index in [0.717, 1.165) is 25.3 Å². The van der Waals surface area contributed by atoms with Crippen LogP contribution in [0.15, 0.2) is 6.33 Å². The molecule has 0 aliphatic rings. The standard InChI is InChI=1S/C14H28N4/c1-7-18-13(16-10-17-18)8-12(14(4,5)6)9-15-11(2)3/h10-12,15H,7-9H2,1-6H3. The third kappa shape index (κ3) is 4.41. The van der Waals surface area contributed by atoms with E-state index in [-0.39, 0.29) is 5.41 Å². The average molecular weight is 252 g/mol. The van der Waals surface area contributed by atoms with Gasteiger partial charge in [0, 0.05) is 19.0 Å². The summed E-state index contributed by atoms with van der Waals surface area (Å²) in [6.45, 7) is 15.3. The molecule has 0 fully saturated rings. The van der Waals surface area contributed by atoms with Crippen molar-refractivity contribution in [1.82, 2.24) is 20.1 Å². The number of nitrogens with zero attached hydrogens (tertiary/aromatic N) is 3. The quantitative estimate of drug-likeness (QED) is 0.846. The van der Waals surface area contributed by atoms with E-state index in [1.165, 1.54) is 0 Å². The lowest BCUT2D eigenvalue weighted by Crippen LogP contribution is -2.37. The van der Waals surface area contributed by atoms with Gasteiger partial charge in [-0.25, -0.2) is 4.98 Å². The maximum Gasteiger partial charge on any atom is 0.138 e. The van der Waals surface area contributed by atoms with Crippen molar-refractivity contribution in [2.75, 3.05) is 6.54 Å². The van der Waals surface area contributed by atoms with Gasteiger partial charge in [-0.15, -0.1) is 0 Å². The Hall–Kier alpha value is -0.900. The summed E-state index contributed by atoms with van der Waals surface area (Å²) in [5, 5.41) is 7.79. The Morgan fingerprint density at radius 2 is 2.00 bits per heavy atom. The van der Waals surface area contributed by atoms with E-state index >= 15 is 0 Å². The molecule has 0 aliphatic carbocycles. The lowest BCUT2D eigenvalue weighted by molar-refractivity contribution is 0.221. The Bertz CT molecular complexity index is 349. The first-order valence-electron chi connectivity index (χ1n) is 6.94. The topological polar surface area (TPSA) is 42.7 Å². The van der Waals surface area contributed by atoms with Crippen molar-refractivity contribution in [2.45, 2.75) is 60.5 Å². The Balaban J connectivity index is 2.72. The highest BCUT2D eigenvalue weighted by molar-refractivity contribution is 4.91. The van der Waals surface area contributed by atoms with E-state index < -0.39 is 0 Å². The molecular formula is C14H28N4. The molecule has 1 unspecified atom stereocenters. The molecule has 0 spiro atoms. The molecule has 0 saturated carbocycles. The molecule has 0 bridgehead atoms. The van der Waals surface area contributed by atoms with Crippen molar-refractivity contribution in [3.05, 3.63) is 12.2 Å². The molecular weight excluding hydrogens is 224 g/mol. The predicted molar refractivity (Wildman–Crippen MR) is 75.5 cm³/mol. The van der Waals surface area contributed by atoms with Crippen LogP contribution >= 0.6 is 0 Å². The van der Waals surface area contributed by atoms with Crippen LogP contribution < -0.4 is 5.32 Å². The Kier molecular flexibility index (Phi) is 5.32. The highest BCUT2D eigenvalue weighted by atomic mass is 15.3. The number of aromatic nitrogens is 3. The Labute approximate surface area is 111 Å². The number of hydrogen-bond acceptors (Lipinski definition) is 3. The van der Waals surface area contributed by atoms with Crippen molar-refractivity contribution in [2.24, 2.45) is 11.3 Å². The summed E-state index contributed by atoms with van der Waals surface area (Å²) < 4.78 is 1.99. The molecule has 1 rings (SSSR count). The van der Waals surface area contributed by atoms with Crippen LogP contribution in [-0.4, -0.2) is 27.4 Å². The fourth-order valence-electron chi connectivity index (χ4n) is 1.99. The van der Waals surface area contributed by atoms with E-state index in [1.54, 1.807) is 6.33 Å². The number of rotatable bonds is 6. The summed E-state index contributed by atoms with van der Waals surface area (Å²) in [4.78, 5) is 4.39. The second-order valence-corrected chi connectivity index (χ2v) is 6.32. The van der Waals surface area contributed by atoms with Gasteiger partial charge in [-0.3, -0.25) is 4.68 Å². The minimum atomic E-state index is 0.270. The van der Waals surface area contributed by atoms with Gasteiger partial charge in [0.1, 0.15) is 12.2 Å². The summed E-state index contributed by atoms with van der Waals surface area (Å²) in [6.07, 6.45) is 2.64. The van der Waals surface area contributed by atoms with E-state index in [4.69, 9.17) is 0 Å². The maximum atomic E-state index is 4.39. The van der Waals surface area contributed by atoms with Gasteiger partial charge in [-0.05, 0) is 24.8 Å². The van der Waals surface area contributed by atoms with Crippen LogP contribution in [0.2, 0.25) is 0 Å². The number of nitrogens with one attached hydrogen (secondary N) is 1. The first-order chi connectivity index (χ1) is 8.34. The number of hydrogen-bond donors (Lipinski definition) is 1. The zero-order chi connectivity index (χ0) is 13.8. The molecule has 0 amide bonds. The van der Waals surface area contributed by atoms with Gasteiger partial charge in [-0.2, -0.15) is 5.10 Å². The van der Waals surface area contributed by atoms with E-state index in [2.05, 4.69) is 56.9 Å². The van der Waals surface area contributed by atoms with Gasteiger partial charge < -0.3 is 5.32 Å². The molecule has 0 saturated heterocycles. The van der Waals surface area contributed by atoms with Crippen molar-refractivity contribution < 1.29 is 0 Å². The van der Waals surface area contributed by atoms with Gasteiger partial charge in [-0.1, -0.05) is 34.6 Å². The summed E-state index contributed by atoms with van der Waals surface area (Å²) in [5.74, 6) is 1.66. The van der Waals surface area contributed by atoms with Crippen LogP contribution in [0, 0.1) is 11.3 Å². The first-order valence-corrected chi connectivity index (χ1v) is 6.94. The molecule has 1 heterocycles. The lowest BCUT2D eigenvalue weighted by atomic mass is 9.78. The van der Waals surface area contributed by atoms with Crippen molar-refractivity contribution in [1.29, 1.82) is 0 Å². The lowest BCUT2D eigenvalue weighted by Gasteiger charge is -2.31. The fourth-order valence-corrected chi connectivity index (χ4v) is 1.99. The third-order valence-corrected chi connectivity index (χ3v) is 3.42. The first kappa shape index (κ1) is 15.2. The molecule has 1 N–H and O–H groups in total. The minimum absolute atomic E-state index is 0.270. The van der Waals surface area contributed by atoms with E-state index in [9.17, 15) is 0 Å². The highest BCUT2D eigenvalue weighted by Crippen LogP contribution is 2.28. The molecule has 0 aliphatic heterocycles. The third-order valence-electron chi connectivity index (χ3n) is 3.42. The molecule has 4 heteroatoms. The normalized spacial score (nSPS) is 14.2. The second kappa shape index (κ2) is 6.32. The van der Waals surface area contributed by atoms with Crippen LogP contribution in [0.4, 0.5) is 0 Å². The molecule has 0 aromatic carbocycles. The van der Waals surface area contributed by atoms with Gasteiger partial charge >= 0.3 is 0 Å². The van der Waals surface area contributed by atoms with Crippen LogP contribution in [0.1, 0.15) is 47.4 Å². The molecule has 1 atom stereocenters. The van der Waals surface area contributed by atoms with Crippen LogP contribution in [0.5, 0.6) is 0 Å². The van der Waals surface area contributed by atoms with Crippen LogP contribution in [-0.2, 0) is 13.0 Å². The molecule has 1 aromatic rings. The van der Waals surface area contributed by atoms with Crippen molar-refractivity contribution >= 4 is 0 Å². The maximum absolute atomic E-state index is 4.39. The Morgan fingerprint density at radius 1 is 1.33 bits per heavy atom. The monoisotopic (exact) mass is 252 g/mol. The predicted octanol–water partition coefficient (Wildman–Crippen LogP) is 2.50. The second-order valence-electron chi connectivity index (χ2n) is 6.32. The van der Waals surface area contributed by atoms with Crippen LogP contribution in [0.25, 0.3) is 0 Å². The average Bonchev–Trinajstić information content (AvgIpc) is 2.69. The fraction of sp³-hybridized carbons (Fsp3) is 0.857. The van der Waals surface area contributed by atoms with Crippen molar-refractivity contribution in [3.63, 3.8) is 0 Å². The SMILES string of the molecule is CCn1ncnc1CC(CNC(C)C)C(C)(C)C. The Morgan fingerprint density at radius 3 is 2.50 bits per heavy atom. The van der Waals surface area contributed by atoms with E-state index in [1.807, 2.05) is 4.68 Å². The van der Waals surface area contributed by atoms with Gasteiger partial charge in [0.05, 0.1) is 0 Å². The van der Waals surface area contributed by atoms with Gasteiger partial charge in [0.25, 0.3) is 0 Å². The smallest absolute Gasteiger partial charge is 0.138 e. The molecule has 18 heavy (non-hydrogen) atoms. The summed E-state index contributed by atoms with van der Waals surface area (Å²) >= 11 is 0. The zero-order valence-corrected chi connectivity index (χ0v) is 12.7. The summed E-state index contributed by atoms with van der Waals surface area (Å²) in [7, 11) is 0. The highest BCUT2D eigenvalue weighted by Gasteiger charge is 2.26.